The SMILES string of the molecule is Cc1cc(N2CCN(CCN(C)C)CC2)c2c(=O)cc(Nc3ccccc3)n(-c3ccccc3)c2n1. The van der Waals surface area contributed by atoms with Gasteiger partial charge in [0.1, 0.15) is 5.82 Å². The molecule has 0 bridgehead atoms. The first-order chi connectivity index (χ1) is 17.5. The molecule has 1 N–H and O–H groups in total. The quantitative estimate of drug-likeness (QED) is 0.428. The van der Waals surface area contributed by atoms with Crippen LogP contribution in [0.4, 0.5) is 17.2 Å². The van der Waals surface area contributed by atoms with Gasteiger partial charge in [0.2, 0.25) is 0 Å². The van der Waals surface area contributed by atoms with E-state index in [1.54, 1.807) is 6.07 Å². The molecule has 3 heterocycles. The molecule has 0 amide bonds. The summed E-state index contributed by atoms with van der Waals surface area (Å²) >= 11 is 0. The van der Waals surface area contributed by atoms with Gasteiger partial charge in [-0.25, -0.2) is 4.98 Å². The van der Waals surface area contributed by atoms with Gasteiger partial charge in [0.05, 0.1) is 11.1 Å². The molecule has 0 spiro atoms. The normalized spacial score (nSPS) is 14.5. The maximum Gasteiger partial charge on any atom is 0.195 e. The van der Waals surface area contributed by atoms with Crippen LogP contribution in [-0.4, -0.2) is 72.7 Å². The van der Waals surface area contributed by atoms with Gasteiger partial charge in [-0.3, -0.25) is 14.3 Å². The van der Waals surface area contributed by atoms with Gasteiger partial charge >= 0.3 is 0 Å². The number of aryl methyl sites for hydroxylation is 1. The number of hydrogen-bond donors (Lipinski definition) is 1. The molecule has 1 saturated heterocycles. The van der Waals surface area contributed by atoms with Crippen molar-refractivity contribution in [2.24, 2.45) is 0 Å². The zero-order valence-electron chi connectivity index (χ0n) is 21.3. The number of likely N-dealkylation sites (N-methyl/N-ethyl adjacent to an activating group) is 1. The molecular weight excluding hydrogens is 448 g/mol. The summed E-state index contributed by atoms with van der Waals surface area (Å²) in [5.74, 6) is 0.697. The molecule has 7 heteroatoms. The Morgan fingerprint density at radius 2 is 1.58 bits per heavy atom. The minimum atomic E-state index is -0.0202. The van der Waals surface area contributed by atoms with E-state index in [1.807, 2.05) is 67.6 Å². The Morgan fingerprint density at radius 3 is 2.25 bits per heavy atom. The summed E-state index contributed by atoms with van der Waals surface area (Å²) in [6, 6.07) is 23.8. The molecule has 1 fully saturated rings. The summed E-state index contributed by atoms with van der Waals surface area (Å²) in [6.45, 7) is 7.87. The predicted octanol–water partition coefficient (Wildman–Crippen LogP) is 4.12. The van der Waals surface area contributed by atoms with E-state index < -0.39 is 0 Å². The van der Waals surface area contributed by atoms with E-state index in [2.05, 4.69) is 44.7 Å². The fourth-order valence-corrected chi connectivity index (χ4v) is 4.82. The number of pyridine rings is 2. The standard InChI is InChI=1S/C29H34N6O/c1-22-20-25(34-18-16-33(17-19-34)15-14-32(2)3)28-26(36)21-27(31-23-10-6-4-7-11-23)35(29(28)30-22)24-12-8-5-9-13-24/h4-13,20-21,31H,14-19H2,1-3H3. The second-order valence-electron chi connectivity index (χ2n) is 9.67. The van der Waals surface area contributed by atoms with Crippen LogP contribution >= 0.6 is 0 Å². The number of fused-ring (bicyclic) bond motifs is 1. The molecule has 1 aliphatic rings. The van der Waals surface area contributed by atoms with Crippen LogP contribution in [0.25, 0.3) is 16.7 Å². The van der Waals surface area contributed by atoms with E-state index in [1.165, 1.54) is 0 Å². The van der Waals surface area contributed by atoms with Crippen molar-refractivity contribution in [1.29, 1.82) is 0 Å². The lowest BCUT2D eigenvalue weighted by Gasteiger charge is -2.37. The van der Waals surface area contributed by atoms with E-state index in [0.717, 1.165) is 62.0 Å². The molecule has 2 aromatic heterocycles. The number of rotatable bonds is 7. The second-order valence-corrected chi connectivity index (χ2v) is 9.67. The minimum Gasteiger partial charge on any atom is -0.368 e. The lowest BCUT2D eigenvalue weighted by molar-refractivity contribution is 0.229. The van der Waals surface area contributed by atoms with Crippen LogP contribution < -0.4 is 15.6 Å². The number of nitrogens with zero attached hydrogens (tertiary/aromatic N) is 5. The fraction of sp³-hybridized carbons (Fsp3) is 0.310. The third kappa shape index (κ3) is 5.12. The summed E-state index contributed by atoms with van der Waals surface area (Å²) in [5, 5.41) is 4.12. The zero-order chi connectivity index (χ0) is 25.1. The van der Waals surface area contributed by atoms with Crippen LogP contribution in [0.1, 0.15) is 5.69 Å². The van der Waals surface area contributed by atoms with Crippen molar-refractivity contribution in [1.82, 2.24) is 19.4 Å². The largest absolute Gasteiger partial charge is 0.368 e. The highest BCUT2D eigenvalue weighted by atomic mass is 16.1. The van der Waals surface area contributed by atoms with Gasteiger partial charge in [-0.15, -0.1) is 0 Å². The highest BCUT2D eigenvalue weighted by Gasteiger charge is 2.23. The predicted molar refractivity (Wildman–Crippen MR) is 149 cm³/mol. The Morgan fingerprint density at radius 1 is 0.917 bits per heavy atom. The number of hydrogen-bond acceptors (Lipinski definition) is 6. The molecular formula is C29H34N6O. The Bertz CT molecular complexity index is 1380. The molecule has 0 aliphatic carbocycles. The Kier molecular flexibility index (Phi) is 7.02. The van der Waals surface area contributed by atoms with Gasteiger partial charge in [0.15, 0.2) is 11.1 Å². The first kappa shape index (κ1) is 24.0. The molecule has 36 heavy (non-hydrogen) atoms. The molecule has 0 atom stereocenters. The topological polar surface area (TPSA) is 56.6 Å². The van der Waals surface area contributed by atoms with Crippen molar-refractivity contribution in [3.05, 3.63) is 88.7 Å². The van der Waals surface area contributed by atoms with Crippen LogP contribution in [0.3, 0.4) is 0 Å². The second kappa shape index (κ2) is 10.5. The molecule has 7 nitrogen and oxygen atoms in total. The minimum absolute atomic E-state index is 0.0202. The van der Waals surface area contributed by atoms with Gasteiger partial charge in [0.25, 0.3) is 0 Å². The van der Waals surface area contributed by atoms with E-state index >= 15 is 0 Å². The summed E-state index contributed by atoms with van der Waals surface area (Å²) in [4.78, 5) is 25.6. The van der Waals surface area contributed by atoms with Crippen molar-refractivity contribution < 1.29 is 0 Å². The third-order valence-corrected chi connectivity index (χ3v) is 6.71. The number of anilines is 3. The highest BCUT2D eigenvalue weighted by Crippen LogP contribution is 2.30. The smallest absolute Gasteiger partial charge is 0.195 e. The Hall–Kier alpha value is -3.68. The molecule has 1 aliphatic heterocycles. The molecule has 0 unspecified atom stereocenters. The van der Waals surface area contributed by atoms with Crippen LogP contribution in [0.5, 0.6) is 0 Å². The van der Waals surface area contributed by atoms with Crippen molar-refractivity contribution in [3.8, 4) is 5.69 Å². The van der Waals surface area contributed by atoms with Crippen LogP contribution in [0.2, 0.25) is 0 Å². The van der Waals surface area contributed by atoms with Crippen molar-refractivity contribution in [2.75, 3.05) is 63.6 Å². The summed E-state index contributed by atoms with van der Waals surface area (Å²) < 4.78 is 2.06. The number of aromatic nitrogens is 2. The third-order valence-electron chi connectivity index (χ3n) is 6.71. The van der Waals surface area contributed by atoms with E-state index in [-0.39, 0.29) is 5.43 Å². The lowest BCUT2D eigenvalue weighted by Crippen LogP contribution is -2.48. The molecule has 4 aromatic rings. The van der Waals surface area contributed by atoms with E-state index in [9.17, 15) is 4.79 Å². The maximum absolute atomic E-state index is 13.7. The molecule has 2 aromatic carbocycles. The summed E-state index contributed by atoms with van der Waals surface area (Å²) in [6.07, 6.45) is 0. The van der Waals surface area contributed by atoms with Gasteiger partial charge in [-0.05, 0) is 51.4 Å². The highest BCUT2D eigenvalue weighted by molar-refractivity contribution is 5.92. The van der Waals surface area contributed by atoms with Gasteiger partial charge in [-0.1, -0.05) is 36.4 Å². The lowest BCUT2D eigenvalue weighted by atomic mass is 10.1. The average Bonchev–Trinajstić information content (AvgIpc) is 2.88. The first-order valence-electron chi connectivity index (χ1n) is 12.6. The zero-order valence-corrected chi connectivity index (χ0v) is 21.3. The summed E-state index contributed by atoms with van der Waals surface area (Å²) in [7, 11) is 4.22. The van der Waals surface area contributed by atoms with Crippen LogP contribution in [0, 0.1) is 6.92 Å². The Labute approximate surface area is 212 Å². The average molecular weight is 483 g/mol. The van der Waals surface area contributed by atoms with E-state index in [4.69, 9.17) is 4.98 Å². The first-order valence-corrected chi connectivity index (χ1v) is 12.6. The fourth-order valence-electron chi connectivity index (χ4n) is 4.82. The van der Waals surface area contributed by atoms with Gasteiger partial charge in [-0.2, -0.15) is 0 Å². The number of benzene rings is 2. The van der Waals surface area contributed by atoms with Crippen molar-refractivity contribution >= 4 is 28.2 Å². The van der Waals surface area contributed by atoms with Crippen LogP contribution in [0.15, 0.2) is 77.6 Å². The van der Waals surface area contributed by atoms with Gasteiger partial charge < -0.3 is 15.1 Å². The molecule has 186 valence electrons. The van der Waals surface area contributed by atoms with Crippen molar-refractivity contribution in [3.63, 3.8) is 0 Å². The number of para-hydroxylation sites is 2. The number of nitrogens with one attached hydrogen (secondary N) is 1. The maximum atomic E-state index is 13.7. The Balaban J connectivity index is 1.60. The molecule has 0 saturated carbocycles. The summed E-state index contributed by atoms with van der Waals surface area (Å²) in [5.41, 5.74) is 4.41. The van der Waals surface area contributed by atoms with E-state index in [0.29, 0.717) is 16.9 Å². The van der Waals surface area contributed by atoms with Gasteiger partial charge in [0, 0.05) is 62.4 Å². The van der Waals surface area contributed by atoms with Crippen molar-refractivity contribution in [2.45, 2.75) is 6.92 Å². The van der Waals surface area contributed by atoms with Crippen LogP contribution in [-0.2, 0) is 0 Å². The number of piperazine rings is 1. The monoisotopic (exact) mass is 482 g/mol. The molecule has 0 radical (unpaired) electrons. The molecule has 5 rings (SSSR count).